The summed E-state index contributed by atoms with van der Waals surface area (Å²) >= 11 is 0. The standard InChI is InChI=1S/C22H28N2O2/c1-17-15-18-9-5-6-10-20(18)24(17)16-21-19(11-14-26-21)22(25)23-12-7-3-2-4-8-13-23/h5-6,9-11,14,17H,2-4,7-8,12-13,15-16H2,1H3. The molecule has 1 aromatic carbocycles. The number of para-hydroxylation sites is 1. The number of hydrogen-bond acceptors (Lipinski definition) is 3. The molecule has 1 aromatic heterocycles. The van der Waals surface area contributed by atoms with Gasteiger partial charge in [-0.3, -0.25) is 4.79 Å². The van der Waals surface area contributed by atoms with Crippen molar-refractivity contribution in [1.29, 1.82) is 0 Å². The summed E-state index contributed by atoms with van der Waals surface area (Å²) in [5, 5.41) is 0. The Morgan fingerprint density at radius 2 is 1.81 bits per heavy atom. The van der Waals surface area contributed by atoms with Crippen LogP contribution in [0.15, 0.2) is 41.0 Å². The van der Waals surface area contributed by atoms with Crippen molar-refractivity contribution >= 4 is 11.6 Å². The lowest BCUT2D eigenvalue weighted by Crippen LogP contribution is -2.35. The molecule has 2 aliphatic rings. The first-order valence-corrected chi connectivity index (χ1v) is 9.94. The van der Waals surface area contributed by atoms with Gasteiger partial charge in [0.05, 0.1) is 18.4 Å². The van der Waals surface area contributed by atoms with Gasteiger partial charge in [0.25, 0.3) is 5.91 Å². The van der Waals surface area contributed by atoms with Crippen LogP contribution in [0.3, 0.4) is 0 Å². The van der Waals surface area contributed by atoms with Crippen LogP contribution in [0.5, 0.6) is 0 Å². The highest BCUT2D eigenvalue weighted by Crippen LogP contribution is 2.33. The molecular weight excluding hydrogens is 324 g/mol. The molecule has 26 heavy (non-hydrogen) atoms. The lowest BCUT2D eigenvalue weighted by molar-refractivity contribution is 0.0740. The summed E-state index contributed by atoms with van der Waals surface area (Å²) in [7, 11) is 0. The van der Waals surface area contributed by atoms with Gasteiger partial charge in [0, 0.05) is 24.8 Å². The summed E-state index contributed by atoms with van der Waals surface area (Å²) in [5.41, 5.74) is 3.38. The molecule has 4 heteroatoms. The highest BCUT2D eigenvalue weighted by Gasteiger charge is 2.29. The largest absolute Gasteiger partial charge is 0.467 e. The lowest BCUT2D eigenvalue weighted by Gasteiger charge is -2.26. The summed E-state index contributed by atoms with van der Waals surface area (Å²) in [6.45, 7) is 4.63. The Morgan fingerprint density at radius 1 is 1.08 bits per heavy atom. The van der Waals surface area contributed by atoms with Crippen molar-refractivity contribution < 1.29 is 9.21 Å². The molecule has 2 aromatic rings. The van der Waals surface area contributed by atoms with E-state index in [2.05, 4.69) is 36.1 Å². The number of hydrogen-bond donors (Lipinski definition) is 0. The van der Waals surface area contributed by atoms with E-state index in [1.807, 2.05) is 11.0 Å². The Bertz CT molecular complexity index is 759. The van der Waals surface area contributed by atoms with E-state index < -0.39 is 0 Å². The Balaban J connectivity index is 1.53. The van der Waals surface area contributed by atoms with Crippen LogP contribution in [0.2, 0.25) is 0 Å². The first kappa shape index (κ1) is 17.2. The van der Waals surface area contributed by atoms with Gasteiger partial charge in [0.1, 0.15) is 5.76 Å². The number of fused-ring (bicyclic) bond motifs is 1. The van der Waals surface area contributed by atoms with Gasteiger partial charge >= 0.3 is 0 Å². The van der Waals surface area contributed by atoms with Crippen molar-refractivity contribution in [2.45, 2.75) is 58.0 Å². The van der Waals surface area contributed by atoms with E-state index >= 15 is 0 Å². The maximum atomic E-state index is 13.1. The first-order valence-electron chi connectivity index (χ1n) is 9.94. The average molecular weight is 352 g/mol. The van der Waals surface area contributed by atoms with Crippen molar-refractivity contribution in [1.82, 2.24) is 4.90 Å². The van der Waals surface area contributed by atoms with E-state index in [1.165, 1.54) is 30.5 Å². The van der Waals surface area contributed by atoms with Crippen LogP contribution in [-0.2, 0) is 13.0 Å². The number of carbonyl (C=O) groups excluding carboxylic acids is 1. The second kappa shape index (κ2) is 7.56. The zero-order valence-electron chi connectivity index (χ0n) is 15.6. The Hall–Kier alpha value is -2.23. The zero-order valence-corrected chi connectivity index (χ0v) is 15.6. The van der Waals surface area contributed by atoms with Crippen LogP contribution >= 0.6 is 0 Å². The van der Waals surface area contributed by atoms with Gasteiger partial charge in [-0.05, 0) is 43.9 Å². The van der Waals surface area contributed by atoms with Gasteiger partial charge in [-0.2, -0.15) is 0 Å². The number of carbonyl (C=O) groups is 1. The van der Waals surface area contributed by atoms with Gasteiger partial charge in [0.15, 0.2) is 0 Å². The fourth-order valence-electron chi connectivity index (χ4n) is 4.30. The fraction of sp³-hybridized carbons (Fsp3) is 0.500. The Morgan fingerprint density at radius 3 is 2.62 bits per heavy atom. The number of nitrogens with zero attached hydrogens (tertiary/aromatic N) is 2. The third-order valence-electron chi connectivity index (χ3n) is 5.78. The number of amides is 1. The van der Waals surface area contributed by atoms with Crippen molar-refractivity contribution in [3.63, 3.8) is 0 Å². The number of benzene rings is 1. The van der Waals surface area contributed by atoms with Crippen LogP contribution in [0.4, 0.5) is 5.69 Å². The first-order chi connectivity index (χ1) is 12.7. The normalized spacial score (nSPS) is 20.6. The summed E-state index contributed by atoms with van der Waals surface area (Å²) in [6.07, 6.45) is 8.68. The third kappa shape index (κ3) is 3.37. The molecule has 0 bridgehead atoms. The SMILES string of the molecule is CC1Cc2ccccc2N1Cc1occc1C(=O)N1CCCCCCC1. The zero-order chi connectivity index (χ0) is 17.9. The minimum Gasteiger partial charge on any atom is -0.467 e. The molecule has 0 N–H and O–H groups in total. The minimum atomic E-state index is 0.135. The highest BCUT2D eigenvalue weighted by atomic mass is 16.3. The van der Waals surface area contributed by atoms with E-state index in [-0.39, 0.29) is 5.91 Å². The average Bonchev–Trinajstić information content (AvgIpc) is 3.19. The van der Waals surface area contributed by atoms with Gasteiger partial charge < -0.3 is 14.2 Å². The van der Waals surface area contributed by atoms with E-state index in [1.54, 1.807) is 6.26 Å². The number of likely N-dealkylation sites (tertiary alicyclic amines) is 1. The Labute approximate surface area is 155 Å². The molecule has 3 heterocycles. The maximum absolute atomic E-state index is 13.1. The second-order valence-corrected chi connectivity index (χ2v) is 7.63. The predicted octanol–water partition coefficient (Wildman–Crippen LogP) is 4.64. The molecule has 0 radical (unpaired) electrons. The van der Waals surface area contributed by atoms with Gasteiger partial charge in [-0.15, -0.1) is 0 Å². The molecule has 1 saturated heterocycles. The molecule has 2 aliphatic heterocycles. The molecule has 1 atom stereocenters. The molecule has 138 valence electrons. The molecule has 1 fully saturated rings. The van der Waals surface area contributed by atoms with Crippen molar-refractivity contribution in [3.05, 3.63) is 53.5 Å². The fourth-order valence-corrected chi connectivity index (χ4v) is 4.30. The number of anilines is 1. The summed E-state index contributed by atoms with van der Waals surface area (Å²) in [4.78, 5) is 17.5. The van der Waals surface area contributed by atoms with Gasteiger partial charge in [-0.25, -0.2) is 0 Å². The van der Waals surface area contributed by atoms with E-state index in [9.17, 15) is 4.79 Å². The second-order valence-electron chi connectivity index (χ2n) is 7.63. The van der Waals surface area contributed by atoms with Crippen molar-refractivity contribution in [3.8, 4) is 0 Å². The van der Waals surface area contributed by atoms with Crippen LogP contribution in [0, 0.1) is 0 Å². The molecule has 1 unspecified atom stereocenters. The molecule has 0 spiro atoms. The van der Waals surface area contributed by atoms with E-state index in [0.29, 0.717) is 12.6 Å². The maximum Gasteiger partial charge on any atom is 0.257 e. The van der Waals surface area contributed by atoms with Crippen LogP contribution in [0.25, 0.3) is 0 Å². The van der Waals surface area contributed by atoms with E-state index in [0.717, 1.165) is 43.7 Å². The summed E-state index contributed by atoms with van der Waals surface area (Å²) < 4.78 is 5.77. The molecule has 0 saturated carbocycles. The monoisotopic (exact) mass is 352 g/mol. The molecule has 4 nitrogen and oxygen atoms in total. The van der Waals surface area contributed by atoms with Gasteiger partial charge in [-0.1, -0.05) is 37.5 Å². The van der Waals surface area contributed by atoms with Crippen LogP contribution < -0.4 is 4.90 Å². The number of rotatable bonds is 3. The third-order valence-corrected chi connectivity index (χ3v) is 5.78. The molecular formula is C22H28N2O2. The molecule has 0 aliphatic carbocycles. The smallest absolute Gasteiger partial charge is 0.257 e. The quantitative estimate of drug-likeness (QED) is 0.808. The topological polar surface area (TPSA) is 36.7 Å². The molecule has 1 amide bonds. The lowest BCUT2D eigenvalue weighted by atomic mass is 10.1. The van der Waals surface area contributed by atoms with Crippen LogP contribution in [-0.4, -0.2) is 29.9 Å². The van der Waals surface area contributed by atoms with E-state index in [4.69, 9.17) is 4.42 Å². The van der Waals surface area contributed by atoms with Gasteiger partial charge in [0.2, 0.25) is 0 Å². The summed E-state index contributed by atoms with van der Waals surface area (Å²) in [6, 6.07) is 10.8. The highest BCUT2D eigenvalue weighted by molar-refractivity contribution is 5.95. The molecule has 4 rings (SSSR count). The van der Waals surface area contributed by atoms with Crippen LogP contribution in [0.1, 0.15) is 60.7 Å². The summed E-state index contributed by atoms with van der Waals surface area (Å²) in [5.74, 6) is 0.927. The van der Waals surface area contributed by atoms with Crippen molar-refractivity contribution in [2.75, 3.05) is 18.0 Å². The van der Waals surface area contributed by atoms with Crippen molar-refractivity contribution in [2.24, 2.45) is 0 Å². The Kier molecular flexibility index (Phi) is 5.00. The number of furan rings is 1. The minimum absolute atomic E-state index is 0.135. The predicted molar refractivity (Wildman–Crippen MR) is 103 cm³/mol.